The quantitative estimate of drug-likeness (QED) is 0.0632. The fourth-order valence-corrected chi connectivity index (χ4v) is 20.1. The van der Waals surface area contributed by atoms with Crippen LogP contribution in [-0.4, -0.2) is 114 Å². The highest BCUT2D eigenvalue weighted by atomic mass is 19.1. The average molecular weight is 1740 g/mol. The van der Waals surface area contributed by atoms with Crippen molar-refractivity contribution in [3.8, 4) is 101 Å². The lowest BCUT2D eigenvalue weighted by molar-refractivity contribution is 0.0925. The summed E-state index contributed by atoms with van der Waals surface area (Å²) >= 11 is 0. The molecule has 0 saturated heterocycles. The van der Waals surface area contributed by atoms with Crippen LogP contribution in [0.3, 0.4) is 0 Å². The molecule has 131 heavy (non-hydrogen) atoms. The van der Waals surface area contributed by atoms with Crippen LogP contribution in [0.5, 0.6) is 0 Å². The van der Waals surface area contributed by atoms with Gasteiger partial charge >= 0.3 is 0 Å². The third-order valence-corrected chi connectivity index (χ3v) is 26.3. The Balaban J connectivity index is 0.000000109. The predicted octanol–water partition coefficient (Wildman–Crippen LogP) is 23.5. The van der Waals surface area contributed by atoms with Crippen LogP contribution < -0.4 is 4.90 Å². The molecule has 17 aromatic rings. The molecule has 0 bridgehead atoms. The SMILES string of the molecule is CN(Cc1ccccc1)C[C@@H]1CCc2nc(-c3ccc(F)cc3)c(-c3ccncc3)n21.Fc1ccc(-c2nc3n(c2-c2ccncc2)[C@H](CN2CCCc4ccccc42)CC3)cc1.Fc1ccc(-c2nc3n(c2-c2ccncc2)[C@H](CN2CCc4ccccc4C2)CC3)cc1.Fc1ccc(-c2nc3n(c2-c2ccncc2)[C@H](COCc2ccc(-c4ccccc4)cc2)CC3)cc1. The molecular weight excluding hydrogens is 1640 g/mol. The molecular formula is C111H101F4N15O. The Labute approximate surface area is 761 Å². The van der Waals surface area contributed by atoms with Crippen molar-refractivity contribution in [2.75, 3.05) is 51.3 Å². The highest BCUT2D eigenvalue weighted by molar-refractivity contribution is 5.83. The van der Waals surface area contributed by atoms with E-state index in [2.05, 4.69) is 187 Å². The minimum Gasteiger partial charge on any atom is -0.375 e. The standard InChI is InChI=1S/C31H26FN3O.2C27H25FN4.C26H25FN4/c32-27-12-10-25(11-13-27)30-31(26-16-18-33-19-17-26)35-28(14-15-29(35)34-30)21-36-20-22-6-8-24(9-7-22)23-4-2-1-3-5-23;28-22-9-7-20(8-10-22)26-27(21-13-15-29-16-14-21)32-23(11-12-25(32)30-26)18-31-17-3-5-19-4-1-2-6-24(19)31;28-23-7-5-20(6-8-23)26-27(21-11-14-29-15-12-21)32-24(9-10-25(32)30-26)18-31-16-13-19-3-1-2-4-22(19)17-31;1-30(17-19-5-3-2-4-6-19)18-23-11-12-24-29-25(20-7-9-22(27)10-8-20)26(31(23)24)21-13-15-28-16-14-21/h1-13,16-19,28H,14-15,20-21H2;1-2,4,6-10,13-16,23H,3,5,11-12,17-18H2;1-8,11-12,14-15,24H,9-10,13,16-18H2;2-10,13-16,23H,11-12,17-18H2,1H3/t28-;23-;24-;23-/m0000/s1. The van der Waals surface area contributed by atoms with E-state index in [-0.39, 0.29) is 29.3 Å². The molecule has 0 N–H and O–H groups in total. The van der Waals surface area contributed by atoms with Gasteiger partial charge in [0.05, 0.1) is 70.8 Å². The van der Waals surface area contributed by atoms with Gasteiger partial charge in [-0.2, -0.15) is 0 Å². The van der Waals surface area contributed by atoms with E-state index in [1.807, 2.05) is 128 Å². The molecule has 16 nitrogen and oxygen atoms in total. The van der Waals surface area contributed by atoms with E-state index in [4.69, 9.17) is 24.7 Å². The zero-order valence-corrected chi connectivity index (χ0v) is 73.3. The number of benzene rings is 9. The molecule has 14 heterocycles. The van der Waals surface area contributed by atoms with Gasteiger partial charge in [0.2, 0.25) is 0 Å². The molecule has 0 aliphatic carbocycles. The second kappa shape index (κ2) is 39.0. The van der Waals surface area contributed by atoms with E-state index in [0.717, 1.165) is 229 Å². The van der Waals surface area contributed by atoms with Crippen LogP contribution in [0, 0.1) is 23.3 Å². The number of halogens is 4. The van der Waals surface area contributed by atoms with Gasteiger partial charge in [-0.05, 0) is 243 Å². The number of anilines is 1. The minimum absolute atomic E-state index is 0.188. The van der Waals surface area contributed by atoms with Crippen LogP contribution in [0.2, 0.25) is 0 Å². The zero-order valence-electron chi connectivity index (χ0n) is 73.3. The van der Waals surface area contributed by atoms with Crippen molar-refractivity contribution in [1.82, 2.24) is 67.9 Å². The van der Waals surface area contributed by atoms with Gasteiger partial charge in [-0.1, -0.05) is 127 Å². The number of imidazole rings is 4. The van der Waals surface area contributed by atoms with Gasteiger partial charge in [-0.15, -0.1) is 0 Å². The highest BCUT2D eigenvalue weighted by Crippen LogP contribution is 2.46. The van der Waals surface area contributed by atoms with Gasteiger partial charge in [0.25, 0.3) is 0 Å². The number of para-hydroxylation sites is 1. The zero-order chi connectivity index (χ0) is 88.5. The predicted molar refractivity (Wildman–Crippen MR) is 510 cm³/mol. The first-order valence-corrected chi connectivity index (χ1v) is 45.7. The summed E-state index contributed by atoms with van der Waals surface area (Å²) in [5.41, 5.74) is 26.7. The highest BCUT2D eigenvalue weighted by Gasteiger charge is 2.37. The Bertz CT molecular complexity index is 6720. The van der Waals surface area contributed by atoms with Gasteiger partial charge in [0.1, 0.15) is 46.6 Å². The van der Waals surface area contributed by atoms with Crippen molar-refractivity contribution in [3.05, 3.63) is 403 Å². The average Bonchev–Trinajstić information content (AvgIpc) is 1.62. The lowest BCUT2D eigenvalue weighted by atomic mass is 9.99. The molecule has 8 aromatic heterocycles. The lowest BCUT2D eigenvalue weighted by Crippen LogP contribution is -2.34. The van der Waals surface area contributed by atoms with Crippen LogP contribution in [0.25, 0.3) is 101 Å². The first-order valence-electron chi connectivity index (χ1n) is 45.7. The van der Waals surface area contributed by atoms with Crippen molar-refractivity contribution >= 4 is 5.69 Å². The summed E-state index contributed by atoms with van der Waals surface area (Å²) < 4.78 is 70.1. The molecule has 0 saturated carbocycles. The fraction of sp³-hybridized carbons (Fsp3) is 0.225. The van der Waals surface area contributed by atoms with Crippen molar-refractivity contribution < 1.29 is 22.3 Å². The summed E-state index contributed by atoms with van der Waals surface area (Å²) in [5, 5.41) is 0. The van der Waals surface area contributed by atoms with Crippen LogP contribution in [0.4, 0.5) is 23.2 Å². The van der Waals surface area contributed by atoms with Crippen molar-refractivity contribution in [1.29, 1.82) is 0 Å². The largest absolute Gasteiger partial charge is 0.375 e. The smallest absolute Gasteiger partial charge is 0.123 e. The minimum atomic E-state index is -0.251. The van der Waals surface area contributed by atoms with Gasteiger partial charge in [0.15, 0.2) is 0 Å². The summed E-state index contributed by atoms with van der Waals surface area (Å²) in [5.74, 6) is 3.44. The monoisotopic (exact) mass is 1740 g/mol. The van der Waals surface area contributed by atoms with E-state index in [1.165, 1.54) is 94.0 Å². The van der Waals surface area contributed by atoms with Crippen molar-refractivity contribution in [3.63, 3.8) is 0 Å². The molecule has 0 fully saturated rings. The number of likely N-dealkylation sites (N-methyl/N-ethyl adjacent to an activating group) is 1. The summed E-state index contributed by atoms with van der Waals surface area (Å²) in [4.78, 5) is 44.4. The van der Waals surface area contributed by atoms with Gasteiger partial charge in [0, 0.05) is 183 Å². The summed E-state index contributed by atoms with van der Waals surface area (Å²) in [6.45, 7) is 8.19. The first-order chi connectivity index (χ1) is 64.5. The number of aryl methyl sites for hydroxylation is 5. The van der Waals surface area contributed by atoms with Gasteiger partial charge in [-0.25, -0.2) is 37.5 Å². The van der Waals surface area contributed by atoms with Crippen LogP contribution in [0.1, 0.15) is 107 Å². The third kappa shape index (κ3) is 18.8. The number of hydrogen-bond donors (Lipinski definition) is 0. The van der Waals surface area contributed by atoms with E-state index < -0.39 is 0 Å². The molecule has 20 heteroatoms. The van der Waals surface area contributed by atoms with Crippen LogP contribution >= 0.6 is 0 Å². The molecule has 6 aliphatic rings. The Morgan fingerprint density at radius 3 is 1.15 bits per heavy atom. The normalized spacial score (nSPS) is 16.2. The molecule has 0 radical (unpaired) electrons. The van der Waals surface area contributed by atoms with E-state index in [0.29, 0.717) is 31.3 Å². The molecule has 4 atom stereocenters. The van der Waals surface area contributed by atoms with Crippen molar-refractivity contribution in [2.45, 2.75) is 114 Å². The number of hydrogen-bond acceptors (Lipinski definition) is 12. The number of fused-ring (bicyclic) bond motifs is 6. The molecule has 9 aromatic carbocycles. The second-order valence-corrected chi connectivity index (χ2v) is 34.8. The molecule has 23 rings (SSSR count). The Kier molecular flexibility index (Phi) is 25.3. The van der Waals surface area contributed by atoms with Gasteiger partial charge in [-0.3, -0.25) is 24.8 Å². The van der Waals surface area contributed by atoms with E-state index in [1.54, 1.807) is 24.5 Å². The van der Waals surface area contributed by atoms with Crippen molar-refractivity contribution in [2.24, 2.45) is 0 Å². The number of pyridine rings is 4. The number of aromatic nitrogens is 12. The van der Waals surface area contributed by atoms with Gasteiger partial charge < -0.3 is 32.8 Å². The molecule has 0 spiro atoms. The molecule has 654 valence electrons. The second-order valence-electron chi connectivity index (χ2n) is 34.8. The maximum absolute atomic E-state index is 13.6. The maximum Gasteiger partial charge on any atom is 0.123 e. The van der Waals surface area contributed by atoms with Crippen LogP contribution in [0.15, 0.2) is 329 Å². The Hall–Kier alpha value is -14.2. The number of rotatable bonds is 21. The van der Waals surface area contributed by atoms with E-state index >= 15 is 0 Å². The topological polar surface area (TPSA) is 142 Å². The summed E-state index contributed by atoms with van der Waals surface area (Å²) in [6, 6.07) is 91.1. The lowest BCUT2D eigenvalue weighted by Gasteiger charge is -2.34. The number of nitrogens with zero attached hydrogens (tertiary/aromatic N) is 15. The third-order valence-electron chi connectivity index (χ3n) is 26.3. The summed E-state index contributed by atoms with van der Waals surface area (Å²) in [6.07, 6.45) is 26.0. The maximum atomic E-state index is 13.6. The molecule has 0 amide bonds. The molecule has 6 aliphatic heterocycles. The van der Waals surface area contributed by atoms with E-state index in [9.17, 15) is 17.6 Å². The Morgan fingerprint density at radius 1 is 0.321 bits per heavy atom. The molecule has 0 unspecified atom stereocenters. The van der Waals surface area contributed by atoms with Crippen LogP contribution in [-0.2, 0) is 63.0 Å². The Morgan fingerprint density at radius 2 is 0.687 bits per heavy atom. The number of ether oxygens (including phenoxy) is 1. The summed E-state index contributed by atoms with van der Waals surface area (Å²) in [7, 11) is 2.18. The first kappa shape index (κ1) is 84.9. The fourth-order valence-electron chi connectivity index (χ4n) is 20.1.